The summed E-state index contributed by atoms with van der Waals surface area (Å²) in [5.74, 6) is 1.16. The van der Waals surface area contributed by atoms with Crippen LogP contribution >= 0.6 is 0 Å². The lowest BCUT2D eigenvalue weighted by Crippen LogP contribution is -2.40. The van der Waals surface area contributed by atoms with E-state index >= 15 is 0 Å². The number of hydrogen-bond donors (Lipinski definition) is 2. The second-order valence-electron chi connectivity index (χ2n) is 6.46. The van der Waals surface area contributed by atoms with Crippen molar-refractivity contribution in [1.29, 1.82) is 0 Å². The highest BCUT2D eigenvalue weighted by atomic mass is 16.5. The van der Waals surface area contributed by atoms with E-state index in [0.29, 0.717) is 30.6 Å². The molecule has 0 fully saturated rings. The highest BCUT2D eigenvalue weighted by Gasteiger charge is 2.20. The summed E-state index contributed by atoms with van der Waals surface area (Å²) in [6.07, 6.45) is 0.972. The molecule has 0 spiro atoms. The molecule has 2 N–H and O–H groups in total. The topological polar surface area (TPSA) is 67.8 Å². The second-order valence-corrected chi connectivity index (χ2v) is 6.46. The third kappa shape index (κ3) is 6.48. The van der Waals surface area contributed by atoms with Crippen molar-refractivity contribution in [2.75, 3.05) is 13.7 Å². The Morgan fingerprint density at radius 2 is 1.91 bits per heavy atom. The Hall–Kier alpha value is -1.75. The van der Waals surface area contributed by atoms with Gasteiger partial charge in [-0.25, -0.2) is 0 Å². The molecule has 0 heterocycles. The normalized spacial score (nSPS) is 12.5. The summed E-state index contributed by atoms with van der Waals surface area (Å²) in [6.45, 7) is 9.19. The van der Waals surface area contributed by atoms with Crippen molar-refractivity contribution in [3.63, 3.8) is 0 Å². The minimum Gasteiger partial charge on any atom is -0.493 e. The Balaban J connectivity index is 2.74. The first-order valence-electron chi connectivity index (χ1n) is 8.11. The van der Waals surface area contributed by atoms with E-state index in [0.717, 1.165) is 12.0 Å². The SMILES string of the molecule is COc1ccc(CN[C@@H](C(=O)O)C(C)C)cc1OCCC(C)C. The minimum atomic E-state index is -0.832. The Morgan fingerprint density at radius 1 is 1.22 bits per heavy atom. The van der Waals surface area contributed by atoms with Crippen molar-refractivity contribution >= 4 is 5.97 Å². The molecule has 0 aliphatic carbocycles. The van der Waals surface area contributed by atoms with Crippen LogP contribution in [0.5, 0.6) is 11.5 Å². The first-order chi connectivity index (χ1) is 10.8. The molecule has 0 aromatic heterocycles. The first-order valence-corrected chi connectivity index (χ1v) is 8.11. The summed E-state index contributed by atoms with van der Waals surface area (Å²) in [5.41, 5.74) is 0.970. The third-order valence-electron chi connectivity index (χ3n) is 3.64. The quantitative estimate of drug-likeness (QED) is 0.691. The lowest BCUT2D eigenvalue weighted by atomic mass is 10.0. The third-order valence-corrected chi connectivity index (χ3v) is 3.64. The maximum Gasteiger partial charge on any atom is 0.320 e. The molecule has 23 heavy (non-hydrogen) atoms. The van der Waals surface area contributed by atoms with Gasteiger partial charge >= 0.3 is 5.97 Å². The van der Waals surface area contributed by atoms with Crippen LogP contribution in [0.4, 0.5) is 0 Å². The van der Waals surface area contributed by atoms with Gasteiger partial charge in [-0.3, -0.25) is 4.79 Å². The summed E-state index contributed by atoms with van der Waals surface area (Å²) >= 11 is 0. The highest BCUT2D eigenvalue weighted by molar-refractivity contribution is 5.73. The fourth-order valence-corrected chi connectivity index (χ4v) is 2.18. The summed E-state index contributed by atoms with van der Waals surface area (Å²) < 4.78 is 11.1. The van der Waals surface area contributed by atoms with Crippen LogP contribution in [0.25, 0.3) is 0 Å². The van der Waals surface area contributed by atoms with Gasteiger partial charge in [-0.1, -0.05) is 33.8 Å². The van der Waals surface area contributed by atoms with E-state index in [1.165, 1.54) is 0 Å². The molecule has 0 saturated carbocycles. The van der Waals surface area contributed by atoms with Crippen LogP contribution in [0.3, 0.4) is 0 Å². The highest BCUT2D eigenvalue weighted by Crippen LogP contribution is 2.28. The van der Waals surface area contributed by atoms with E-state index < -0.39 is 12.0 Å². The number of nitrogens with one attached hydrogen (secondary N) is 1. The molecular weight excluding hydrogens is 294 g/mol. The largest absolute Gasteiger partial charge is 0.493 e. The van der Waals surface area contributed by atoms with Gasteiger partial charge in [0, 0.05) is 6.54 Å². The average Bonchev–Trinajstić information content (AvgIpc) is 2.46. The lowest BCUT2D eigenvalue weighted by Gasteiger charge is -2.18. The van der Waals surface area contributed by atoms with Crippen molar-refractivity contribution in [3.05, 3.63) is 23.8 Å². The Morgan fingerprint density at radius 3 is 2.43 bits per heavy atom. The molecule has 1 rings (SSSR count). The molecule has 0 radical (unpaired) electrons. The van der Waals surface area contributed by atoms with E-state index in [1.807, 2.05) is 32.0 Å². The van der Waals surface area contributed by atoms with Gasteiger partial charge < -0.3 is 19.9 Å². The van der Waals surface area contributed by atoms with Crippen LogP contribution in [0, 0.1) is 11.8 Å². The van der Waals surface area contributed by atoms with Gasteiger partial charge in [0.25, 0.3) is 0 Å². The van der Waals surface area contributed by atoms with Gasteiger partial charge in [0.2, 0.25) is 0 Å². The summed E-state index contributed by atoms with van der Waals surface area (Å²) in [4.78, 5) is 11.2. The molecule has 0 saturated heterocycles. The smallest absolute Gasteiger partial charge is 0.320 e. The second kappa shape index (κ2) is 9.40. The molecule has 0 bridgehead atoms. The zero-order valence-electron chi connectivity index (χ0n) is 14.8. The first kappa shape index (κ1) is 19.3. The predicted octanol–water partition coefficient (Wildman–Crippen LogP) is 3.32. The minimum absolute atomic E-state index is 0.0208. The standard InChI is InChI=1S/C18H29NO4/c1-12(2)8-9-23-16-10-14(6-7-15(16)22-5)11-19-17(13(3)4)18(20)21/h6-7,10,12-13,17,19H,8-9,11H2,1-5H3,(H,20,21)/t17-/m1/s1. The van der Waals surface area contributed by atoms with Crippen LogP contribution in [-0.2, 0) is 11.3 Å². The number of benzene rings is 1. The number of hydrogen-bond acceptors (Lipinski definition) is 4. The molecule has 0 aliphatic heterocycles. The van der Waals surface area contributed by atoms with E-state index in [-0.39, 0.29) is 5.92 Å². The average molecular weight is 323 g/mol. The van der Waals surface area contributed by atoms with Crippen LogP contribution in [0.1, 0.15) is 39.7 Å². The van der Waals surface area contributed by atoms with Crippen molar-refractivity contribution in [2.45, 2.75) is 46.7 Å². The molecule has 1 aromatic carbocycles. The maximum atomic E-state index is 11.2. The Kier molecular flexibility index (Phi) is 7.89. The molecule has 0 aliphatic rings. The van der Waals surface area contributed by atoms with E-state index in [9.17, 15) is 9.90 Å². The van der Waals surface area contributed by atoms with E-state index in [4.69, 9.17) is 9.47 Å². The molecular formula is C18H29NO4. The van der Waals surface area contributed by atoms with Gasteiger partial charge in [0.1, 0.15) is 6.04 Å². The molecule has 5 nitrogen and oxygen atoms in total. The van der Waals surface area contributed by atoms with Crippen molar-refractivity contribution in [2.24, 2.45) is 11.8 Å². The Labute approximate surface area is 139 Å². The number of aliphatic carboxylic acids is 1. The van der Waals surface area contributed by atoms with Crippen LogP contribution in [0.15, 0.2) is 18.2 Å². The van der Waals surface area contributed by atoms with Gasteiger partial charge in [-0.05, 0) is 36.0 Å². The number of ether oxygens (including phenoxy) is 2. The van der Waals surface area contributed by atoms with Crippen LogP contribution in [0.2, 0.25) is 0 Å². The molecule has 5 heteroatoms. The fourth-order valence-electron chi connectivity index (χ4n) is 2.18. The number of carboxylic acid groups (broad SMARTS) is 1. The number of carbonyl (C=O) groups is 1. The number of methoxy groups -OCH3 is 1. The Bertz CT molecular complexity index is 500. The van der Waals surface area contributed by atoms with Gasteiger partial charge in [0.15, 0.2) is 11.5 Å². The zero-order valence-corrected chi connectivity index (χ0v) is 14.8. The summed E-state index contributed by atoms with van der Waals surface area (Å²) in [5, 5.41) is 12.3. The number of carboxylic acids is 1. The molecule has 1 aromatic rings. The zero-order chi connectivity index (χ0) is 17.4. The lowest BCUT2D eigenvalue weighted by molar-refractivity contribution is -0.140. The molecule has 0 amide bonds. The molecule has 1 atom stereocenters. The summed E-state index contributed by atoms with van der Waals surface area (Å²) in [6, 6.07) is 5.11. The molecule has 130 valence electrons. The maximum absolute atomic E-state index is 11.2. The van der Waals surface area contributed by atoms with Gasteiger partial charge in [-0.2, -0.15) is 0 Å². The predicted molar refractivity (Wildman–Crippen MR) is 91.0 cm³/mol. The number of rotatable bonds is 10. The van der Waals surface area contributed by atoms with E-state index in [1.54, 1.807) is 7.11 Å². The van der Waals surface area contributed by atoms with Crippen molar-refractivity contribution in [1.82, 2.24) is 5.32 Å². The van der Waals surface area contributed by atoms with Crippen molar-refractivity contribution in [3.8, 4) is 11.5 Å². The van der Waals surface area contributed by atoms with Crippen LogP contribution < -0.4 is 14.8 Å². The van der Waals surface area contributed by atoms with E-state index in [2.05, 4.69) is 19.2 Å². The van der Waals surface area contributed by atoms with Crippen LogP contribution in [-0.4, -0.2) is 30.8 Å². The molecule has 0 unspecified atom stereocenters. The van der Waals surface area contributed by atoms with Gasteiger partial charge in [0.05, 0.1) is 13.7 Å². The monoisotopic (exact) mass is 323 g/mol. The van der Waals surface area contributed by atoms with Gasteiger partial charge in [-0.15, -0.1) is 0 Å². The summed E-state index contributed by atoms with van der Waals surface area (Å²) in [7, 11) is 1.61. The van der Waals surface area contributed by atoms with Crippen molar-refractivity contribution < 1.29 is 19.4 Å². The fraction of sp³-hybridized carbons (Fsp3) is 0.611.